The van der Waals surface area contributed by atoms with E-state index in [9.17, 15) is 0 Å². The average Bonchev–Trinajstić information content (AvgIpc) is 3.28. The summed E-state index contributed by atoms with van der Waals surface area (Å²) < 4.78 is 0. The van der Waals surface area contributed by atoms with Crippen molar-refractivity contribution in [1.29, 1.82) is 0 Å². The molecular weight excluding hydrogens is 527 g/mol. The third-order valence-corrected chi connectivity index (χ3v) is 11.4. The largest absolute Gasteiger partial charge is 0.147 e. The van der Waals surface area contributed by atoms with Crippen molar-refractivity contribution in [3.63, 3.8) is 0 Å². The van der Waals surface area contributed by atoms with Crippen molar-refractivity contribution in [2.75, 3.05) is 0 Å². The van der Waals surface area contributed by atoms with E-state index in [0.29, 0.717) is 11.1 Å². The van der Waals surface area contributed by atoms with Crippen molar-refractivity contribution in [2.24, 2.45) is 0 Å². The number of halogens is 2. The molecule has 0 amide bonds. The van der Waals surface area contributed by atoms with Crippen molar-refractivity contribution >= 4 is 32.9 Å². The normalized spacial score (nSPS) is 13.6. The first kappa shape index (κ1) is 25.2. The van der Waals surface area contributed by atoms with Crippen molar-refractivity contribution < 1.29 is 26.2 Å². The first-order valence-electron chi connectivity index (χ1n) is 10.5. The Labute approximate surface area is 223 Å². The summed E-state index contributed by atoms with van der Waals surface area (Å²) in [5.41, 5.74) is 12.9. The van der Waals surface area contributed by atoms with Crippen LogP contribution in [0.1, 0.15) is 33.3 Å². The number of fused-ring (bicyclic) bond motifs is 6. The van der Waals surface area contributed by atoms with Crippen LogP contribution < -0.4 is 0 Å². The van der Waals surface area contributed by atoms with Gasteiger partial charge >= 0.3 is 0 Å². The molecule has 0 atom stereocenters. The maximum absolute atomic E-state index is 2.61. The minimum atomic E-state index is -1.84. The van der Waals surface area contributed by atoms with E-state index < -0.39 is 8.07 Å². The van der Waals surface area contributed by atoms with Gasteiger partial charge in [-0.15, -0.1) is 24.8 Å². The monoisotopic (exact) mass is 550 g/mol. The van der Waals surface area contributed by atoms with Crippen molar-refractivity contribution in [2.45, 2.75) is 24.2 Å². The minimum absolute atomic E-state index is 0. The van der Waals surface area contributed by atoms with E-state index >= 15 is 0 Å². The van der Waals surface area contributed by atoms with Gasteiger partial charge in [0.05, 0.1) is 8.07 Å². The molecule has 0 aromatic heterocycles. The maximum Gasteiger partial charge on any atom is 0.0731 e. The van der Waals surface area contributed by atoms with Crippen LogP contribution in [-0.4, -0.2) is 8.07 Å². The Bertz CT molecular complexity index is 1080. The Morgan fingerprint density at radius 1 is 0.438 bits per heavy atom. The van der Waals surface area contributed by atoms with Gasteiger partial charge in [0, 0.05) is 37.3 Å². The summed E-state index contributed by atoms with van der Waals surface area (Å²) in [4.78, 5) is 0. The van der Waals surface area contributed by atoms with E-state index in [2.05, 4.69) is 110 Å². The molecule has 0 fully saturated rings. The summed E-state index contributed by atoms with van der Waals surface area (Å²) in [6, 6.07) is 36.4. The zero-order chi connectivity index (χ0) is 19.6. The Hall–Kier alpha value is -1.44. The molecule has 0 saturated heterocycles. The summed E-state index contributed by atoms with van der Waals surface area (Å²) in [5, 5.41) is 0. The Balaban J connectivity index is 0.000000963. The zero-order valence-corrected chi connectivity index (χ0v) is 23.3. The van der Waals surface area contributed by atoms with Crippen molar-refractivity contribution in [1.82, 2.24) is 0 Å². The fraction of sp³-hybridized carbons (Fsp3) is 0.143. The fourth-order valence-corrected chi connectivity index (χ4v) is 10.6. The summed E-state index contributed by atoms with van der Waals surface area (Å²) in [7, 11) is -1.84. The van der Waals surface area contributed by atoms with Crippen LogP contribution in [0.4, 0.5) is 0 Å². The molecule has 6 rings (SSSR count). The SMILES string of the molecule is C[Si](C)(C1c2ccccc2-c2ccccc21)C1c2ccccc2-c2ccccc21.Cl.Cl.[Zr]. The topological polar surface area (TPSA) is 0 Å². The second-order valence-corrected chi connectivity index (χ2v) is 13.8. The van der Waals surface area contributed by atoms with Crippen LogP contribution in [0.25, 0.3) is 22.3 Å². The predicted molar refractivity (Wildman–Crippen MR) is 139 cm³/mol. The van der Waals surface area contributed by atoms with E-state index in [1.807, 2.05) is 0 Å². The summed E-state index contributed by atoms with van der Waals surface area (Å²) in [5.74, 6) is 0. The van der Waals surface area contributed by atoms with Gasteiger partial charge in [-0.3, -0.25) is 0 Å². The number of rotatable bonds is 2. The standard InChI is InChI=1S/C28H24Si.2ClH.Zr/c1-29(2,27-23-15-7-3-11-19(23)20-12-4-8-16-24(20)27)28-25-17-9-5-13-21(25)22-14-6-10-18-26(22)28;;;/h3-18,27-28H,1-2H3;2*1H;. The van der Waals surface area contributed by atoms with Gasteiger partial charge in [-0.05, 0) is 44.5 Å². The molecule has 0 heterocycles. The van der Waals surface area contributed by atoms with Crippen LogP contribution in [0, 0.1) is 0 Å². The molecule has 0 spiro atoms. The molecule has 0 N–H and O–H groups in total. The van der Waals surface area contributed by atoms with Crippen molar-refractivity contribution in [3.8, 4) is 22.3 Å². The van der Waals surface area contributed by atoms with Gasteiger partial charge in [0.25, 0.3) is 0 Å². The summed E-state index contributed by atoms with van der Waals surface area (Å²) in [6.45, 7) is 5.22. The smallest absolute Gasteiger partial charge is 0.0731 e. The van der Waals surface area contributed by atoms with Crippen LogP contribution in [0.15, 0.2) is 97.1 Å². The molecule has 0 saturated carbocycles. The average molecular weight is 553 g/mol. The molecule has 0 aliphatic heterocycles. The quantitative estimate of drug-likeness (QED) is 0.220. The van der Waals surface area contributed by atoms with Crippen LogP contribution in [-0.2, 0) is 26.2 Å². The van der Waals surface area contributed by atoms with E-state index in [1.54, 1.807) is 0 Å². The molecule has 2 aliphatic rings. The summed E-state index contributed by atoms with van der Waals surface area (Å²) in [6.07, 6.45) is 0. The van der Waals surface area contributed by atoms with Gasteiger partial charge in [-0.25, -0.2) is 0 Å². The number of hydrogen-bond donors (Lipinski definition) is 0. The molecule has 4 heteroatoms. The van der Waals surface area contributed by atoms with Crippen LogP contribution in [0.2, 0.25) is 13.1 Å². The number of hydrogen-bond acceptors (Lipinski definition) is 0. The zero-order valence-electron chi connectivity index (χ0n) is 18.2. The molecule has 0 nitrogen and oxygen atoms in total. The predicted octanol–water partition coefficient (Wildman–Crippen LogP) is 8.24. The molecule has 4 aromatic rings. The van der Waals surface area contributed by atoms with Gasteiger partial charge in [0.2, 0.25) is 0 Å². The Kier molecular flexibility index (Phi) is 7.42. The van der Waals surface area contributed by atoms with Gasteiger partial charge in [0.15, 0.2) is 0 Å². The molecule has 0 radical (unpaired) electrons. The van der Waals surface area contributed by atoms with E-state index in [4.69, 9.17) is 0 Å². The van der Waals surface area contributed by atoms with E-state index in [-0.39, 0.29) is 51.0 Å². The first-order chi connectivity index (χ1) is 14.2. The number of benzene rings is 4. The Morgan fingerprint density at radius 2 is 0.656 bits per heavy atom. The molecule has 4 aromatic carbocycles. The first-order valence-corrected chi connectivity index (χ1v) is 13.7. The van der Waals surface area contributed by atoms with E-state index in [0.717, 1.165) is 0 Å². The molecular formula is C28H26Cl2SiZr. The molecule has 32 heavy (non-hydrogen) atoms. The van der Waals surface area contributed by atoms with Crippen LogP contribution in [0.3, 0.4) is 0 Å². The maximum atomic E-state index is 2.61. The molecule has 0 unspecified atom stereocenters. The third kappa shape index (κ3) is 3.51. The van der Waals surface area contributed by atoms with Gasteiger partial charge < -0.3 is 0 Å². The summed E-state index contributed by atoms with van der Waals surface area (Å²) >= 11 is 0. The van der Waals surface area contributed by atoms with Crippen LogP contribution >= 0.6 is 24.8 Å². The van der Waals surface area contributed by atoms with Gasteiger partial charge in [-0.1, -0.05) is 110 Å². The van der Waals surface area contributed by atoms with Gasteiger partial charge in [-0.2, -0.15) is 0 Å². The minimum Gasteiger partial charge on any atom is -0.147 e. The third-order valence-electron chi connectivity index (χ3n) is 7.16. The van der Waals surface area contributed by atoms with Crippen LogP contribution in [0.5, 0.6) is 0 Å². The van der Waals surface area contributed by atoms with Gasteiger partial charge in [0.1, 0.15) is 0 Å². The second kappa shape index (κ2) is 9.43. The second-order valence-electron chi connectivity index (χ2n) is 9.04. The molecule has 160 valence electrons. The molecule has 0 bridgehead atoms. The van der Waals surface area contributed by atoms with Crippen molar-refractivity contribution in [3.05, 3.63) is 119 Å². The fourth-order valence-electron chi connectivity index (χ4n) is 6.08. The molecule has 2 aliphatic carbocycles. The van der Waals surface area contributed by atoms with E-state index in [1.165, 1.54) is 44.5 Å². The Morgan fingerprint density at radius 3 is 0.906 bits per heavy atom.